The van der Waals surface area contributed by atoms with Crippen LogP contribution in [0, 0.1) is 0 Å². The van der Waals surface area contributed by atoms with Crippen LogP contribution in [0.4, 0.5) is 24.5 Å². The van der Waals surface area contributed by atoms with Crippen molar-refractivity contribution < 1.29 is 22.8 Å². The SMILES string of the molecule is CN(C)c1ccc(C(F)(F)F)cc1NC(=O)CN1CCCCCC1=O. The predicted molar refractivity (Wildman–Crippen MR) is 89.4 cm³/mol. The van der Waals surface area contributed by atoms with E-state index in [1.165, 1.54) is 11.0 Å². The van der Waals surface area contributed by atoms with Gasteiger partial charge >= 0.3 is 6.18 Å². The number of hydrogen-bond acceptors (Lipinski definition) is 3. The van der Waals surface area contributed by atoms with Gasteiger partial charge in [-0.25, -0.2) is 0 Å². The summed E-state index contributed by atoms with van der Waals surface area (Å²) in [5.74, 6) is -0.595. The molecule has 0 aromatic heterocycles. The first-order chi connectivity index (χ1) is 11.7. The molecule has 0 spiro atoms. The molecule has 2 amide bonds. The number of benzene rings is 1. The molecule has 0 unspecified atom stereocenters. The summed E-state index contributed by atoms with van der Waals surface area (Å²) in [6.07, 6.45) is -1.53. The van der Waals surface area contributed by atoms with E-state index in [1.807, 2.05) is 0 Å². The molecule has 0 atom stereocenters. The summed E-state index contributed by atoms with van der Waals surface area (Å²) < 4.78 is 38.8. The van der Waals surface area contributed by atoms with E-state index >= 15 is 0 Å². The summed E-state index contributed by atoms with van der Waals surface area (Å²) in [4.78, 5) is 27.3. The van der Waals surface area contributed by atoms with E-state index in [2.05, 4.69) is 5.32 Å². The molecule has 1 N–H and O–H groups in total. The molecule has 0 radical (unpaired) electrons. The Hall–Kier alpha value is -2.25. The normalized spacial score (nSPS) is 15.7. The topological polar surface area (TPSA) is 52.7 Å². The van der Waals surface area contributed by atoms with Crippen molar-refractivity contribution in [3.8, 4) is 0 Å². The standard InChI is InChI=1S/C17H22F3N3O2/c1-22(2)14-8-7-12(17(18,19)20)10-13(14)21-15(24)11-23-9-5-3-4-6-16(23)25/h7-8,10H,3-6,9,11H2,1-2H3,(H,21,24). The van der Waals surface area contributed by atoms with Gasteiger partial charge in [-0.05, 0) is 31.0 Å². The predicted octanol–water partition coefficient (Wildman–Crippen LogP) is 3.11. The minimum Gasteiger partial charge on any atom is -0.376 e. The van der Waals surface area contributed by atoms with Gasteiger partial charge in [0.25, 0.3) is 0 Å². The zero-order chi connectivity index (χ0) is 18.6. The summed E-state index contributed by atoms with van der Waals surface area (Å²) in [6, 6.07) is 3.20. The van der Waals surface area contributed by atoms with Crippen LogP contribution in [0.25, 0.3) is 0 Å². The summed E-state index contributed by atoms with van der Waals surface area (Å²) in [5.41, 5.74) is -0.296. The fourth-order valence-corrected chi connectivity index (χ4v) is 2.77. The number of anilines is 2. The lowest BCUT2D eigenvalue weighted by molar-refractivity contribution is -0.137. The van der Waals surface area contributed by atoms with Gasteiger partial charge in [-0.2, -0.15) is 13.2 Å². The molecule has 5 nitrogen and oxygen atoms in total. The molecular weight excluding hydrogens is 335 g/mol. The minimum absolute atomic E-state index is 0.0760. The van der Waals surface area contributed by atoms with Crippen molar-refractivity contribution in [2.75, 3.05) is 37.4 Å². The maximum absolute atomic E-state index is 12.9. The molecule has 8 heteroatoms. The fourth-order valence-electron chi connectivity index (χ4n) is 2.77. The first-order valence-corrected chi connectivity index (χ1v) is 8.14. The first-order valence-electron chi connectivity index (χ1n) is 8.14. The second kappa shape index (κ2) is 7.76. The second-order valence-electron chi connectivity index (χ2n) is 6.30. The summed E-state index contributed by atoms with van der Waals surface area (Å²) in [5, 5.41) is 2.52. The van der Waals surface area contributed by atoms with Crippen LogP contribution in [0.1, 0.15) is 31.2 Å². The van der Waals surface area contributed by atoms with Crippen LogP contribution in [0.3, 0.4) is 0 Å². The van der Waals surface area contributed by atoms with Gasteiger partial charge in [0.15, 0.2) is 0 Å². The Morgan fingerprint density at radius 1 is 1.24 bits per heavy atom. The monoisotopic (exact) mass is 357 g/mol. The highest BCUT2D eigenvalue weighted by Crippen LogP contribution is 2.34. The van der Waals surface area contributed by atoms with Crippen LogP contribution in [0.2, 0.25) is 0 Å². The zero-order valence-electron chi connectivity index (χ0n) is 14.3. The van der Waals surface area contributed by atoms with Crippen molar-refractivity contribution in [2.45, 2.75) is 31.9 Å². The quantitative estimate of drug-likeness (QED) is 0.901. The van der Waals surface area contributed by atoms with Gasteiger partial charge in [0.05, 0.1) is 23.5 Å². The molecule has 1 aliphatic rings. The van der Waals surface area contributed by atoms with Gasteiger partial charge in [0.1, 0.15) is 0 Å². The van der Waals surface area contributed by atoms with E-state index < -0.39 is 17.6 Å². The maximum atomic E-state index is 12.9. The fraction of sp³-hybridized carbons (Fsp3) is 0.529. The molecule has 2 rings (SSSR count). The Morgan fingerprint density at radius 3 is 2.60 bits per heavy atom. The summed E-state index contributed by atoms with van der Waals surface area (Å²) >= 11 is 0. The van der Waals surface area contributed by atoms with Crippen molar-refractivity contribution in [1.29, 1.82) is 0 Å². The molecule has 1 fully saturated rings. The van der Waals surface area contributed by atoms with Crippen LogP contribution in [0.15, 0.2) is 18.2 Å². The highest BCUT2D eigenvalue weighted by molar-refractivity contribution is 5.97. The number of hydrogen-bond donors (Lipinski definition) is 1. The molecule has 0 aliphatic carbocycles. The lowest BCUT2D eigenvalue weighted by atomic mass is 10.1. The number of amides is 2. The smallest absolute Gasteiger partial charge is 0.376 e. The molecule has 1 aliphatic heterocycles. The molecule has 25 heavy (non-hydrogen) atoms. The van der Waals surface area contributed by atoms with Gasteiger partial charge in [-0.1, -0.05) is 6.42 Å². The highest BCUT2D eigenvalue weighted by atomic mass is 19.4. The average Bonchev–Trinajstić information content (AvgIpc) is 2.71. The van der Waals surface area contributed by atoms with Crippen LogP contribution in [-0.4, -0.2) is 43.9 Å². The molecule has 1 heterocycles. The Kier molecular flexibility index (Phi) is 5.92. The zero-order valence-corrected chi connectivity index (χ0v) is 14.3. The van der Waals surface area contributed by atoms with Crippen molar-refractivity contribution in [1.82, 2.24) is 4.90 Å². The Bertz CT molecular complexity index is 645. The van der Waals surface area contributed by atoms with Gasteiger partial charge in [0.2, 0.25) is 11.8 Å². The third-order valence-electron chi connectivity index (χ3n) is 4.09. The number of carbonyl (C=O) groups excluding carboxylic acids is 2. The summed E-state index contributed by atoms with van der Waals surface area (Å²) in [7, 11) is 3.35. The van der Waals surface area contributed by atoms with Crippen LogP contribution in [0.5, 0.6) is 0 Å². The van der Waals surface area contributed by atoms with Crippen molar-refractivity contribution in [3.05, 3.63) is 23.8 Å². The van der Waals surface area contributed by atoms with Gasteiger partial charge in [0, 0.05) is 27.1 Å². The van der Waals surface area contributed by atoms with Crippen LogP contribution >= 0.6 is 0 Å². The number of halogens is 3. The van der Waals surface area contributed by atoms with E-state index in [1.54, 1.807) is 19.0 Å². The first kappa shape index (κ1) is 19.1. The number of nitrogens with one attached hydrogen (secondary N) is 1. The van der Waals surface area contributed by atoms with E-state index in [-0.39, 0.29) is 18.1 Å². The number of nitrogens with zero attached hydrogens (tertiary/aromatic N) is 2. The highest BCUT2D eigenvalue weighted by Gasteiger charge is 2.31. The van der Waals surface area contributed by atoms with Crippen molar-refractivity contribution in [2.24, 2.45) is 0 Å². The van der Waals surface area contributed by atoms with Gasteiger partial charge in [-0.15, -0.1) is 0 Å². The van der Waals surface area contributed by atoms with Crippen molar-refractivity contribution in [3.63, 3.8) is 0 Å². The van der Waals surface area contributed by atoms with Crippen molar-refractivity contribution >= 4 is 23.2 Å². The van der Waals surface area contributed by atoms with Gasteiger partial charge in [-0.3, -0.25) is 9.59 Å². The average molecular weight is 357 g/mol. The summed E-state index contributed by atoms with van der Waals surface area (Å²) in [6.45, 7) is 0.345. The third-order valence-corrected chi connectivity index (χ3v) is 4.09. The molecular formula is C17H22F3N3O2. The molecule has 0 saturated carbocycles. The Morgan fingerprint density at radius 2 is 1.96 bits per heavy atom. The lowest BCUT2D eigenvalue weighted by Gasteiger charge is -2.22. The van der Waals surface area contributed by atoms with E-state index in [0.717, 1.165) is 31.4 Å². The number of alkyl halides is 3. The third kappa shape index (κ3) is 5.11. The lowest BCUT2D eigenvalue weighted by Crippen LogP contribution is -2.37. The second-order valence-corrected chi connectivity index (χ2v) is 6.30. The minimum atomic E-state index is -4.49. The number of carbonyl (C=O) groups is 2. The Labute approximate surface area is 144 Å². The van der Waals surface area contributed by atoms with Crippen LogP contribution < -0.4 is 10.2 Å². The van der Waals surface area contributed by atoms with E-state index in [9.17, 15) is 22.8 Å². The van der Waals surface area contributed by atoms with Gasteiger partial charge < -0.3 is 15.1 Å². The van der Waals surface area contributed by atoms with E-state index in [0.29, 0.717) is 18.7 Å². The molecule has 138 valence electrons. The Balaban J connectivity index is 2.16. The molecule has 0 bridgehead atoms. The van der Waals surface area contributed by atoms with Crippen LogP contribution in [-0.2, 0) is 15.8 Å². The van der Waals surface area contributed by atoms with E-state index in [4.69, 9.17) is 0 Å². The molecule has 1 aromatic rings. The molecule has 1 saturated heterocycles. The maximum Gasteiger partial charge on any atom is 0.416 e. The molecule has 1 aromatic carbocycles. The largest absolute Gasteiger partial charge is 0.416 e. The number of likely N-dealkylation sites (tertiary alicyclic amines) is 1. The number of rotatable bonds is 4.